The Hall–Kier alpha value is -3.80. The minimum absolute atomic E-state index is 0.0836. The number of nitro groups is 1. The van der Waals surface area contributed by atoms with Crippen LogP contribution in [-0.4, -0.2) is 72.6 Å². The average Bonchev–Trinajstić information content (AvgIpc) is 3.04. The van der Waals surface area contributed by atoms with E-state index in [1.807, 2.05) is 24.3 Å². The number of hydrogen-bond acceptors (Lipinski definition) is 7. The summed E-state index contributed by atoms with van der Waals surface area (Å²) in [7, 11) is 2.14. The van der Waals surface area contributed by atoms with E-state index in [-0.39, 0.29) is 23.6 Å². The number of likely N-dealkylation sites (tertiary alicyclic amines) is 1. The lowest BCUT2D eigenvalue weighted by Crippen LogP contribution is -2.51. The molecule has 3 aromatic carbocycles. The second kappa shape index (κ2) is 17.4. The summed E-state index contributed by atoms with van der Waals surface area (Å²) in [5.74, 6) is -0.430. The second-order valence-electron chi connectivity index (χ2n) is 12.9. The molecule has 0 spiro atoms. The number of aryl methyl sites for hydroxylation is 1. The van der Waals surface area contributed by atoms with E-state index in [0.29, 0.717) is 17.4 Å². The molecule has 0 aromatic heterocycles. The predicted molar refractivity (Wildman–Crippen MR) is 182 cm³/mol. The first-order chi connectivity index (χ1) is 22.5. The number of nitro benzene ring substituents is 1. The SMILES string of the molecule is Cc1ccc(C[N+](C)(CCOC(=O)OCOC(=O)CCC[N+]2(Cc3ccc([N+](=O)[O-])cc3)CCCCC2)Cc2ccc(Br)cc2)cc1. The van der Waals surface area contributed by atoms with Crippen LogP contribution in [0.15, 0.2) is 77.3 Å². The fourth-order valence-electron chi connectivity index (χ4n) is 6.30. The van der Waals surface area contributed by atoms with Gasteiger partial charge in [-0.3, -0.25) is 14.9 Å². The van der Waals surface area contributed by atoms with Gasteiger partial charge in [-0.15, -0.1) is 0 Å². The number of piperidine rings is 1. The first kappa shape index (κ1) is 36.0. The summed E-state index contributed by atoms with van der Waals surface area (Å²) < 4.78 is 18.1. The Morgan fingerprint density at radius 2 is 1.45 bits per heavy atom. The summed E-state index contributed by atoms with van der Waals surface area (Å²) in [5, 5.41) is 11.0. The minimum Gasteiger partial charge on any atom is -0.428 e. The Bertz CT molecular complexity index is 1410. The van der Waals surface area contributed by atoms with Crippen molar-refractivity contribution in [3.05, 3.63) is 110 Å². The van der Waals surface area contributed by atoms with E-state index in [4.69, 9.17) is 14.2 Å². The van der Waals surface area contributed by atoms with Crippen molar-refractivity contribution in [3.8, 4) is 0 Å². The summed E-state index contributed by atoms with van der Waals surface area (Å²) in [6, 6.07) is 23.4. The van der Waals surface area contributed by atoms with Gasteiger partial charge in [0.15, 0.2) is 0 Å². The van der Waals surface area contributed by atoms with Gasteiger partial charge >= 0.3 is 12.1 Å². The van der Waals surface area contributed by atoms with E-state index < -0.39 is 18.9 Å². The molecule has 1 aliphatic heterocycles. The molecule has 3 aromatic rings. The number of likely N-dealkylation sites (N-methyl/N-ethyl adjacent to an activating group) is 1. The quantitative estimate of drug-likeness (QED) is 0.0500. The van der Waals surface area contributed by atoms with E-state index in [9.17, 15) is 19.7 Å². The molecule has 47 heavy (non-hydrogen) atoms. The van der Waals surface area contributed by atoms with Crippen LogP contribution in [0.2, 0.25) is 0 Å². The lowest BCUT2D eigenvalue weighted by atomic mass is 10.0. The highest BCUT2D eigenvalue weighted by Gasteiger charge is 2.30. The van der Waals surface area contributed by atoms with Gasteiger partial charge in [-0.05, 0) is 50.5 Å². The fraction of sp³-hybridized carbons (Fsp3) is 0.444. The van der Waals surface area contributed by atoms with Crippen molar-refractivity contribution in [1.82, 2.24) is 0 Å². The number of nitrogens with zero attached hydrogens (tertiary/aromatic N) is 3. The van der Waals surface area contributed by atoms with Gasteiger partial charge in [0.05, 0.1) is 38.0 Å². The van der Waals surface area contributed by atoms with Crippen LogP contribution in [0, 0.1) is 17.0 Å². The zero-order chi connectivity index (χ0) is 33.7. The van der Waals surface area contributed by atoms with Crippen LogP contribution in [0.5, 0.6) is 0 Å². The fourth-order valence-corrected chi connectivity index (χ4v) is 6.56. The topological polar surface area (TPSA) is 105 Å². The highest BCUT2D eigenvalue weighted by molar-refractivity contribution is 9.10. The number of rotatable bonds is 16. The van der Waals surface area contributed by atoms with Crippen molar-refractivity contribution in [2.45, 2.75) is 58.7 Å². The number of quaternary nitrogens is 2. The van der Waals surface area contributed by atoms with Crippen LogP contribution in [-0.2, 0) is 38.6 Å². The lowest BCUT2D eigenvalue weighted by molar-refractivity contribution is -0.945. The predicted octanol–water partition coefficient (Wildman–Crippen LogP) is 7.45. The van der Waals surface area contributed by atoms with Gasteiger partial charge in [0.2, 0.25) is 6.79 Å². The molecule has 252 valence electrons. The molecule has 10 nitrogen and oxygen atoms in total. The van der Waals surface area contributed by atoms with E-state index >= 15 is 0 Å². The molecule has 1 aliphatic rings. The van der Waals surface area contributed by atoms with Gasteiger partial charge in [-0.2, -0.15) is 0 Å². The van der Waals surface area contributed by atoms with Gasteiger partial charge in [-0.25, -0.2) is 4.79 Å². The molecule has 1 unspecified atom stereocenters. The molecule has 4 rings (SSSR count). The first-order valence-corrected chi connectivity index (χ1v) is 17.0. The van der Waals surface area contributed by atoms with Crippen molar-refractivity contribution >= 4 is 33.7 Å². The second-order valence-corrected chi connectivity index (χ2v) is 13.8. The van der Waals surface area contributed by atoms with Crippen molar-refractivity contribution in [1.29, 1.82) is 0 Å². The smallest absolute Gasteiger partial charge is 0.428 e. The third-order valence-corrected chi connectivity index (χ3v) is 9.38. The molecule has 0 bridgehead atoms. The van der Waals surface area contributed by atoms with Crippen molar-refractivity contribution in [2.75, 3.05) is 46.6 Å². The molecule has 1 atom stereocenters. The van der Waals surface area contributed by atoms with Crippen LogP contribution in [0.4, 0.5) is 10.5 Å². The van der Waals surface area contributed by atoms with Crippen LogP contribution in [0.1, 0.15) is 54.4 Å². The molecule has 0 aliphatic carbocycles. The highest BCUT2D eigenvalue weighted by atomic mass is 79.9. The Balaban J connectivity index is 1.19. The van der Waals surface area contributed by atoms with E-state index in [2.05, 4.69) is 66.3 Å². The van der Waals surface area contributed by atoms with Crippen LogP contribution in [0.3, 0.4) is 0 Å². The van der Waals surface area contributed by atoms with E-state index in [1.54, 1.807) is 12.1 Å². The van der Waals surface area contributed by atoms with Crippen molar-refractivity contribution < 1.29 is 37.7 Å². The van der Waals surface area contributed by atoms with Gasteiger partial charge in [0.1, 0.15) is 32.8 Å². The minimum atomic E-state index is -0.871. The summed E-state index contributed by atoms with van der Waals surface area (Å²) in [5.41, 5.74) is 4.71. The maximum atomic E-state index is 12.4. The molecule has 1 heterocycles. The number of carbonyl (C=O) groups is 2. The third-order valence-electron chi connectivity index (χ3n) is 8.85. The zero-order valence-electron chi connectivity index (χ0n) is 27.4. The largest absolute Gasteiger partial charge is 0.511 e. The summed E-state index contributed by atoms with van der Waals surface area (Å²) in [6.07, 6.45) is 3.38. The molecule has 0 radical (unpaired) electrons. The third kappa shape index (κ3) is 12.1. The lowest BCUT2D eigenvalue weighted by Gasteiger charge is -2.41. The van der Waals surface area contributed by atoms with Crippen LogP contribution >= 0.6 is 15.9 Å². The normalized spacial score (nSPS) is 15.3. The number of hydrogen-bond donors (Lipinski definition) is 0. The summed E-state index contributed by atoms with van der Waals surface area (Å²) in [4.78, 5) is 35.4. The standard InChI is InChI=1S/C36H46BrN3O7/c1-29-8-10-30(11-9-29)25-39(2,26-31-12-16-33(37)17-13-31)23-24-45-36(42)47-28-46-35(41)7-6-22-40(20-4-3-5-21-40)27-32-14-18-34(19-15-32)38(43)44/h8-19H,3-7,20-28H2,1-2H3/q+2. The number of ether oxygens (including phenoxy) is 3. The van der Waals surface area contributed by atoms with E-state index in [1.165, 1.54) is 23.1 Å². The molecule has 1 fully saturated rings. The Morgan fingerprint density at radius 3 is 2.06 bits per heavy atom. The maximum Gasteiger partial charge on any atom is 0.511 e. The van der Waals surface area contributed by atoms with Gasteiger partial charge in [0, 0.05) is 39.7 Å². The Morgan fingerprint density at radius 1 is 0.851 bits per heavy atom. The van der Waals surface area contributed by atoms with Crippen LogP contribution < -0.4 is 0 Å². The molecule has 1 saturated heterocycles. The summed E-state index contributed by atoms with van der Waals surface area (Å²) in [6.45, 7) is 7.40. The highest BCUT2D eigenvalue weighted by Crippen LogP contribution is 2.25. The molecule has 0 N–H and O–H groups in total. The van der Waals surface area contributed by atoms with Crippen LogP contribution in [0.25, 0.3) is 0 Å². The summed E-state index contributed by atoms with van der Waals surface area (Å²) >= 11 is 3.50. The zero-order valence-corrected chi connectivity index (χ0v) is 29.0. The van der Waals surface area contributed by atoms with Crippen molar-refractivity contribution in [2.24, 2.45) is 0 Å². The van der Waals surface area contributed by atoms with Gasteiger partial charge in [-0.1, -0.05) is 57.9 Å². The number of carbonyl (C=O) groups excluding carboxylic acids is 2. The Kier molecular flexibility index (Phi) is 13.3. The molecular formula is C36H46BrN3O7+2. The van der Waals surface area contributed by atoms with Crippen molar-refractivity contribution in [3.63, 3.8) is 0 Å². The molecule has 0 saturated carbocycles. The maximum absolute atomic E-state index is 12.4. The van der Waals surface area contributed by atoms with E-state index in [0.717, 1.165) is 66.6 Å². The average molecular weight is 713 g/mol. The Labute approximate surface area is 285 Å². The molecular weight excluding hydrogens is 666 g/mol. The molecule has 0 amide bonds. The van der Waals surface area contributed by atoms with Gasteiger partial charge in [0.25, 0.3) is 5.69 Å². The monoisotopic (exact) mass is 711 g/mol. The molecule has 11 heteroatoms. The number of halogens is 1. The first-order valence-electron chi connectivity index (χ1n) is 16.2. The van der Waals surface area contributed by atoms with Gasteiger partial charge < -0.3 is 23.2 Å². The number of non-ortho nitro benzene ring substituents is 1. The number of esters is 1. The number of benzene rings is 3.